The molecule has 12 heteroatoms. The Morgan fingerprint density at radius 3 is 2.47 bits per heavy atom. The summed E-state index contributed by atoms with van der Waals surface area (Å²) in [6.07, 6.45) is -6.79. The molecule has 2 aliphatic heterocycles. The van der Waals surface area contributed by atoms with Crippen LogP contribution < -0.4 is 5.32 Å². The van der Waals surface area contributed by atoms with E-state index in [0.717, 1.165) is 11.9 Å². The SMILES string of the molecule is C/C=C1/[C@H](O[C@@H]2O[C@H](CO)[C@@H](O)[C@H](O)[C@H]2O)OC=C(C(=O)O)[C@H]1CC(=O)OCCNc1ccccc1. The van der Waals surface area contributed by atoms with E-state index in [9.17, 15) is 35.1 Å². The van der Waals surface area contributed by atoms with Crippen molar-refractivity contribution in [1.29, 1.82) is 0 Å². The Hall–Kier alpha value is -3.00. The van der Waals surface area contributed by atoms with Crippen molar-refractivity contribution in [2.75, 3.05) is 25.1 Å². The Labute approximate surface area is 207 Å². The number of ether oxygens (including phenoxy) is 4. The second-order valence-electron chi connectivity index (χ2n) is 8.24. The number of benzene rings is 1. The molecule has 6 N–H and O–H groups in total. The number of hydrogen-bond donors (Lipinski definition) is 6. The summed E-state index contributed by atoms with van der Waals surface area (Å²) in [6.45, 7) is 1.35. The Kier molecular flexibility index (Phi) is 9.81. The van der Waals surface area contributed by atoms with Crippen LogP contribution in [0.5, 0.6) is 0 Å². The van der Waals surface area contributed by atoms with E-state index in [1.165, 1.54) is 6.08 Å². The van der Waals surface area contributed by atoms with Gasteiger partial charge in [-0.2, -0.15) is 0 Å². The number of rotatable bonds is 10. The van der Waals surface area contributed by atoms with E-state index in [2.05, 4.69) is 5.32 Å². The summed E-state index contributed by atoms with van der Waals surface area (Å²) < 4.78 is 21.6. The number of nitrogens with one attached hydrogen (secondary N) is 1. The first kappa shape index (κ1) is 27.6. The van der Waals surface area contributed by atoms with Crippen LogP contribution in [0.4, 0.5) is 5.69 Å². The summed E-state index contributed by atoms with van der Waals surface area (Å²) >= 11 is 0. The minimum Gasteiger partial charge on any atom is -0.478 e. The van der Waals surface area contributed by atoms with Crippen LogP contribution in [-0.2, 0) is 28.5 Å². The lowest BCUT2D eigenvalue weighted by molar-refractivity contribution is -0.327. The zero-order valence-corrected chi connectivity index (χ0v) is 19.6. The van der Waals surface area contributed by atoms with Gasteiger partial charge in [-0.15, -0.1) is 0 Å². The molecule has 3 rings (SSSR count). The molecule has 1 aromatic carbocycles. The van der Waals surface area contributed by atoms with E-state index in [1.54, 1.807) is 6.92 Å². The highest BCUT2D eigenvalue weighted by atomic mass is 16.8. The van der Waals surface area contributed by atoms with Crippen molar-refractivity contribution in [1.82, 2.24) is 0 Å². The number of aliphatic hydroxyl groups excluding tert-OH is 4. The zero-order valence-electron chi connectivity index (χ0n) is 19.6. The zero-order chi connectivity index (χ0) is 26.2. The lowest BCUT2D eigenvalue weighted by Crippen LogP contribution is -2.60. The summed E-state index contributed by atoms with van der Waals surface area (Å²) in [4.78, 5) is 24.3. The number of para-hydroxylation sites is 1. The highest BCUT2D eigenvalue weighted by Crippen LogP contribution is 2.35. The standard InChI is InChI=1S/C24H31NO11/c1-2-14-15(10-18(27)33-9-8-25-13-6-4-3-5-7-13)16(22(31)32)12-34-23(14)36-24-21(30)20(29)19(28)17(11-26)35-24/h2-7,12,15,17,19-21,23-26,28-30H,8-11H2,1H3,(H,31,32)/b14-2+/t15-,17+,19+,20-,21+,23-,24-/m0/s1. The molecule has 1 fully saturated rings. The Bertz CT molecular complexity index is 949. The average Bonchev–Trinajstić information content (AvgIpc) is 2.87. The fourth-order valence-electron chi connectivity index (χ4n) is 3.96. The summed E-state index contributed by atoms with van der Waals surface area (Å²) in [5.41, 5.74) is 0.917. The molecule has 12 nitrogen and oxygen atoms in total. The first-order chi connectivity index (χ1) is 17.3. The van der Waals surface area contributed by atoms with E-state index in [0.29, 0.717) is 6.54 Å². The van der Waals surface area contributed by atoms with Gasteiger partial charge in [0.25, 0.3) is 0 Å². The fraction of sp³-hybridized carbons (Fsp3) is 0.500. The van der Waals surface area contributed by atoms with Crippen LogP contribution >= 0.6 is 0 Å². The number of carboxylic acids is 1. The number of esters is 1. The highest BCUT2D eigenvalue weighted by molar-refractivity contribution is 5.89. The van der Waals surface area contributed by atoms with Crippen LogP contribution in [0.1, 0.15) is 13.3 Å². The maximum atomic E-state index is 12.5. The minimum atomic E-state index is -1.69. The van der Waals surface area contributed by atoms with Gasteiger partial charge in [-0.25, -0.2) is 4.79 Å². The maximum Gasteiger partial charge on any atom is 0.335 e. The molecule has 0 spiro atoms. The predicted molar refractivity (Wildman–Crippen MR) is 123 cm³/mol. The summed E-state index contributed by atoms with van der Waals surface area (Å²) in [6, 6.07) is 9.32. The van der Waals surface area contributed by atoms with E-state index in [1.807, 2.05) is 30.3 Å². The fourth-order valence-corrected chi connectivity index (χ4v) is 3.96. The molecule has 2 aliphatic rings. The predicted octanol–water partition coefficient (Wildman–Crippen LogP) is -0.264. The van der Waals surface area contributed by atoms with Crippen LogP contribution in [0, 0.1) is 5.92 Å². The van der Waals surface area contributed by atoms with Gasteiger partial charge in [0.2, 0.25) is 6.29 Å². The molecule has 36 heavy (non-hydrogen) atoms. The Morgan fingerprint density at radius 2 is 1.83 bits per heavy atom. The molecule has 0 unspecified atom stereocenters. The van der Waals surface area contributed by atoms with Crippen LogP contribution in [0.15, 0.2) is 53.8 Å². The molecule has 0 aliphatic carbocycles. The van der Waals surface area contributed by atoms with E-state index >= 15 is 0 Å². The van der Waals surface area contributed by atoms with Crippen LogP contribution in [-0.4, -0.2) is 94.2 Å². The highest BCUT2D eigenvalue weighted by Gasteiger charge is 2.46. The molecule has 0 saturated carbocycles. The number of anilines is 1. The van der Waals surface area contributed by atoms with Crippen molar-refractivity contribution < 1.29 is 54.1 Å². The molecule has 0 radical (unpaired) electrons. The average molecular weight is 510 g/mol. The van der Waals surface area contributed by atoms with Gasteiger partial charge in [-0.1, -0.05) is 24.3 Å². The first-order valence-electron chi connectivity index (χ1n) is 11.4. The Morgan fingerprint density at radius 1 is 1.11 bits per heavy atom. The third kappa shape index (κ3) is 6.60. The topological polar surface area (TPSA) is 184 Å². The normalized spacial score (nSPS) is 31.3. The molecule has 2 heterocycles. The van der Waals surface area contributed by atoms with Crippen molar-refractivity contribution in [2.24, 2.45) is 5.92 Å². The van der Waals surface area contributed by atoms with Gasteiger partial charge < -0.3 is 49.8 Å². The second kappa shape index (κ2) is 12.8. The van der Waals surface area contributed by atoms with E-state index in [-0.39, 0.29) is 24.2 Å². The molecule has 1 aromatic rings. The van der Waals surface area contributed by atoms with Crippen molar-refractivity contribution in [2.45, 2.75) is 50.3 Å². The van der Waals surface area contributed by atoms with Crippen molar-refractivity contribution in [3.05, 3.63) is 53.8 Å². The van der Waals surface area contributed by atoms with Gasteiger partial charge in [0, 0.05) is 23.7 Å². The smallest absolute Gasteiger partial charge is 0.335 e. The summed E-state index contributed by atoms with van der Waals surface area (Å²) in [7, 11) is 0. The number of aliphatic carboxylic acids is 1. The van der Waals surface area contributed by atoms with E-state index < -0.39 is 61.5 Å². The molecular formula is C24H31NO11. The van der Waals surface area contributed by atoms with Crippen LogP contribution in [0.2, 0.25) is 0 Å². The van der Waals surface area contributed by atoms with Gasteiger partial charge >= 0.3 is 11.9 Å². The first-order valence-corrected chi connectivity index (χ1v) is 11.4. The molecule has 0 bridgehead atoms. The number of carbonyl (C=O) groups excluding carboxylic acids is 1. The monoisotopic (exact) mass is 509 g/mol. The van der Waals surface area contributed by atoms with Gasteiger partial charge in [-0.3, -0.25) is 4.79 Å². The van der Waals surface area contributed by atoms with Gasteiger partial charge in [0.1, 0.15) is 31.0 Å². The lowest BCUT2D eigenvalue weighted by atomic mass is 9.86. The largest absolute Gasteiger partial charge is 0.478 e. The molecule has 0 aromatic heterocycles. The van der Waals surface area contributed by atoms with E-state index in [4.69, 9.17) is 18.9 Å². The molecule has 198 valence electrons. The van der Waals surface area contributed by atoms with Crippen molar-refractivity contribution in [3.8, 4) is 0 Å². The Balaban J connectivity index is 1.65. The van der Waals surface area contributed by atoms with Crippen molar-refractivity contribution in [3.63, 3.8) is 0 Å². The van der Waals surface area contributed by atoms with Gasteiger partial charge in [-0.05, 0) is 19.1 Å². The number of aliphatic hydroxyl groups is 4. The van der Waals surface area contributed by atoms with Crippen LogP contribution in [0.3, 0.4) is 0 Å². The summed E-state index contributed by atoms with van der Waals surface area (Å²) in [5, 5.41) is 52.3. The van der Waals surface area contributed by atoms with Crippen LogP contribution in [0.25, 0.3) is 0 Å². The third-order valence-electron chi connectivity index (χ3n) is 5.89. The third-order valence-corrected chi connectivity index (χ3v) is 5.89. The summed E-state index contributed by atoms with van der Waals surface area (Å²) in [5.74, 6) is -2.91. The number of carbonyl (C=O) groups is 2. The number of carboxylic acid groups (broad SMARTS) is 1. The lowest BCUT2D eigenvalue weighted by Gasteiger charge is -2.41. The molecule has 1 saturated heterocycles. The molecule has 0 amide bonds. The van der Waals surface area contributed by atoms with Gasteiger partial charge in [0.15, 0.2) is 6.29 Å². The quantitative estimate of drug-likeness (QED) is 0.138. The van der Waals surface area contributed by atoms with Crippen molar-refractivity contribution >= 4 is 17.6 Å². The second-order valence-corrected chi connectivity index (χ2v) is 8.24. The van der Waals surface area contributed by atoms with Gasteiger partial charge in [0.05, 0.1) is 24.9 Å². The molecule has 7 atom stereocenters. The number of hydrogen-bond acceptors (Lipinski definition) is 11. The minimum absolute atomic E-state index is 0.0546. The number of allylic oxidation sites excluding steroid dienone is 1. The molecular weight excluding hydrogens is 478 g/mol. The maximum absolute atomic E-state index is 12.5.